The number of benzene rings is 3. The third kappa shape index (κ3) is 2.05. The van der Waals surface area contributed by atoms with Crippen LogP contribution in [-0.2, 0) is 5.41 Å². The molecule has 0 bridgehead atoms. The van der Waals surface area contributed by atoms with Gasteiger partial charge in [0.15, 0.2) is 0 Å². The van der Waals surface area contributed by atoms with Crippen LogP contribution in [0.3, 0.4) is 0 Å². The predicted molar refractivity (Wildman–Crippen MR) is 109 cm³/mol. The summed E-state index contributed by atoms with van der Waals surface area (Å²) in [7, 11) is 0. The Kier molecular flexibility index (Phi) is 3.26. The molecule has 0 saturated heterocycles. The Morgan fingerprint density at radius 2 is 1.04 bits per heavy atom. The van der Waals surface area contributed by atoms with Gasteiger partial charge < -0.3 is 9.97 Å². The second-order valence-corrected chi connectivity index (χ2v) is 6.99. The van der Waals surface area contributed by atoms with Crippen molar-refractivity contribution in [3.8, 4) is 0 Å². The Hall–Kier alpha value is -3.26. The van der Waals surface area contributed by atoms with E-state index in [0.29, 0.717) is 0 Å². The van der Waals surface area contributed by atoms with E-state index in [4.69, 9.17) is 0 Å². The van der Waals surface area contributed by atoms with Crippen LogP contribution in [0.1, 0.15) is 23.6 Å². The summed E-state index contributed by atoms with van der Waals surface area (Å²) in [6.07, 6.45) is 4.33. The molecule has 2 heterocycles. The van der Waals surface area contributed by atoms with Crippen molar-refractivity contribution >= 4 is 21.8 Å². The van der Waals surface area contributed by atoms with Crippen LogP contribution in [0.25, 0.3) is 21.8 Å². The summed E-state index contributed by atoms with van der Waals surface area (Å²) in [5.74, 6) is 0. The fourth-order valence-corrected chi connectivity index (χ4v) is 4.20. The lowest BCUT2D eigenvalue weighted by Crippen LogP contribution is -2.24. The molecule has 0 radical (unpaired) electrons. The van der Waals surface area contributed by atoms with E-state index < -0.39 is 0 Å². The molecule has 126 valence electrons. The smallest absolute Gasteiger partial charge is 0.0465 e. The maximum Gasteiger partial charge on any atom is 0.0465 e. The Morgan fingerprint density at radius 1 is 0.577 bits per heavy atom. The number of aromatic amines is 2. The van der Waals surface area contributed by atoms with Gasteiger partial charge in [0.2, 0.25) is 0 Å². The van der Waals surface area contributed by atoms with E-state index >= 15 is 0 Å². The van der Waals surface area contributed by atoms with Crippen LogP contribution in [0.2, 0.25) is 0 Å². The summed E-state index contributed by atoms with van der Waals surface area (Å²) in [4.78, 5) is 6.93. The molecule has 0 spiro atoms. The Labute approximate surface area is 152 Å². The monoisotopic (exact) mass is 336 g/mol. The lowest BCUT2D eigenvalue weighted by Gasteiger charge is -2.30. The largest absolute Gasteiger partial charge is 0.361 e. The van der Waals surface area contributed by atoms with Crippen LogP contribution in [0.5, 0.6) is 0 Å². The number of hydrogen-bond donors (Lipinski definition) is 2. The lowest BCUT2D eigenvalue weighted by molar-refractivity contribution is 0.705. The van der Waals surface area contributed by atoms with Crippen molar-refractivity contribution in [1.82, 2.24) is 9.97 Å². The quantitative estimate of drug-likeness (QED) is 0.405. The summed E-state index contributed by atoms with van der Waals surface area (Å²) >= 11 is 0. The fourth-order valence-electron chi connectivity index (χ4n) is 4.20. The molecule has 0 saturated carbocycles. The van der Waals surface area contributed by atoms with Gasteiger partial charge in [-0.3, -0.25) is 0 Å². The lowest BCUT2D eigenvalue weighted by atomic mass is 9.71. The van der Waals surface area contributed by atoms with Crippen LogP contribution in [0.15, 0.2) is 91.3 Å². The first kappa shape index (κ1) is 15.0. The van der Waals surface area contributed by atoms with Gasteiger partial charge in [-0.1, -0.05) is 66.7 Å². The van der Waals surface area contributed by atoms with Crippen LogP contribution in [0.4, 0.5) is 0 Å². The summed E-state index contributed by atoms with van der Waals surface area (Å²) < 4.78 is 0. The zero-order valence-corrected chi connectivity index (χ0v) is 14.7. The summed E-state index contributed by atoms with van der Waals surface area (Å²) in [6, 6.07) is 27.8. The van der Waals surface area contributed by atoms with Gasteiger partial charge in [0, 0.05) is 39.6 Å². The zero-order chi connectivity index (χ0) is 17.6. The number of hydrogen-bond acceptors (Lipinski definition) is 0. The fraction of sp³-hybridized carbons (Fsp3) is 0.0833. The van der Waals surface area contributed by atoms with Gasteiger partial charge in [-0.15, -0.1) is 0 Å². The van der Waals surface area contributed by atoms with Crippen molar-refractivity contribution < 1.29 is 0 Å². The maximum atomic E-state index is 3.46. The average molecular weight is 336 g/mol. The molecule has 2 nitrogen and oxygen atoms in total. The van der Waals surface area contributed by atoms with Crippen molar-refractivity contribution in [1.29, 1.82) is 0 Å². The normalized spacial score (nSPS) is 12.0. The standard InChI is InChI=1S/C24H20N2/c1-24(17-9-3-2-4-10-17,20-15-25-22-13-7-5-11-18(20)22)21-16-26-23-14-8-6-12-19(21)23/h2-16,25-26H,1H3. The Morgan fingerprint density at radius 3 is 1.58 bits per heavy atom. The topological polar surface area (TPSA) is 31.6 Å². The molecule has 2 N–H and O–H groups in total. The van der Waals surface area contributed by atoms with Crippen molar-refractivity contribution in [2.75, 3.05) is 0 Å². The van der Waals surface area contributed by atoms with E-state index in [2.05, 4.69) is 108 Å². The molecule has 26 heavy (non-hydrogen) atoms. The van der Waals surface area contributed by atoms with Crippen molar-refractivity contribution in [2.45, 2.75) is 12.3 Å². The molecule has 5 aromatic rings. The van der Waals surface area contributed by atoms with E-state index in [-0.39, 0.29) is 5.41 Å². The average Bonchev–Trinajstić information content (AvgIpc) is 3.33. The van der Waals surface area contributed by atoms with Gasteiger partial charge in [-0.2, -0.15) is 0 Å². The Bertz CT molecular complexity index is 1120. The van der Waals surface area contributed by atoms with E-state index in [1.807, 2.05) is 0 Å². The summed E-state index contributed by atoms with van der Waals surface area (Å²) in [5, 5.41) is 2.54. The van der Waals surface area contributed by atoms with Crippen LogP contribution in [-0.4, -0.2) is 9.97 Å². The van der Waals surface area contributed by atoms with Crippen molar-refractivity contribution in [3.05, 3.63) is 108 Å². The molecule has 0 fully saturated rings. The molecule has 0 atom stereocenters. The highest BCUT2D eigenvalue weighted by Gasteiger charge is 2.35. The molecule has 0 amide bonds. The highest BCUT2D eigenvalue weighted by Crippen LogP contribution is 2.44. The third-order valence-corrected chi connectivity index (χ3v) is 5.61. The number of fused-ring (bicyclic) bond motifs is 2. The van der Waals surface area contributed by atoms with Crippen molar-refractivity contribution in [3.63, 3.8) is 0 Å². The molecule has 0 unspecified atom stereocenters. The van der Waals surface area contributed by atoms with Crippen LogP contribution >= 0.6 is 0 Å². The molecular weight excluding hydrogens is 316 g/mol. The van der Waals surface area contributed by atoms with Gasteiger partial charge in [0.25, 0.3) is 0 Å². The first-order chi connectivity index (χ1) is 12.8. The van der Waals surface area contributed by atoms with Gasteiger partial charge in [-0.05, 0) is 35.7 Å². The van der Waals surface area contributed by atoms with Crippen molar-refractivity contribution in [2.24, 2.45) is 0 Å². The summed E-state index contributed by atoms with van der Waals surface area (Å²) in [6.45, 7) is 2.33. The van der Waals surface area contributed by atoms with Gasteiger partial charge in [-0.25, -0.2) is 0 Å². The minimum absolute atomic E-state index is 0.263. The Balaban J connectivity index is 1.88. The van der Waals surface area contributed by atoms with Gasteiger partial charge >= 0.3 is 0 Å². The highest BCUT2D eigenvalue weighted by molar-refractivity contribution is 5.90. The van der Waals surface area contributed by atoms with E-state index in [0.717, 1.165) is 0 Å². The maximum absolute atomic E-state index is 3.46. The number of H-pyrrole nitrogens is 2. The molecule has 2 heteroatoms. The minimum Gasteiger partial charge on any atom is -0.361 e. The zero-order valence-electron chi connectivity index (χ0n) is 14.7. The molecule has 5 rings (SSSR count). The van der Waals surface area contributed by atoms with Crippen LogP contribution < -0.4 is 0 Å². The molecule has 2 aromatic heterocycles. The number of para-hydroxylation sites is 2. The number of rotatable bonds is 3. The SMILES string of the molecule is CC(c1ccccc1)(c1c[nH]c2ccccc12)c1c[nH]c2ccccc12. The van der Waals surface area contributed by atoms with Crippen LogP contribution in [0, 0.1) is 0 Å². The van der Waals surface area contributed by atoms with Gasteiger partial charge in [0.1, 0.15) is 0 Å². The second-order valence-electron chi connectivity index (χ2n) is 6.99. The first-order valence-electron chi connectivity index (χ1n) is 8.97. The number of nitrogens with one attached hydrogen (secondary N) is 2. The molecule has 0 aliphatic heterocycles. The van der Waals surface area contributed by atoms with E-state index in [1.54, 1.807) is 0 Å². The van der Waals surface area contributed by atoms with E-state index in [9.17, 15) is 0 Å². The predicted octanol–water partition coefficient (Wildman–Crippen LogP) is 6.00. The minimum atomic E-state index is -0.263. The number of aromatic nitrogens is 2. The highest BCUT2D eigenvalue weighted by atomic mass is 14.7. The summed E-state index contributed by atoms with van der Waals surface area (Å²) in [5.41, 5.74) is 5.96. The molecule has 3 aromatic carbocycles. The molecule has 0 aliphatic carbocycles. The third-order valence-electron chi connectivity index (χ3n) is 5.61. The molecular formula is C24H20N2. The van der Waals surface area contributed by atoms with Gasteiger partial charge in [0.05, 0.1) is 0 Å². The molecule has 0 aliphatic rings. The second kappa shape index (κ2) is 5.63. The first-order valence-corrected chi connectivity index (χ1v) is 8.97. The van der Waals surface area contributed by atoms with E-state index in [1.165, 1.54) is 38.5 Å².